The molecule has 0 spiro atoms. The average Bonchev–Trinajstić information content (AvgIpc) is 3.55. The second kappa shape index (κ2) is 14.7. The standard InChI is InChI=1S/C32H46IN3O8/c1-3-5-7-13-31(14-8-6-4-2)42-25-23-19-32(30(40)35-15-12-24(38)34-16-17-37)27(29(39)41-23)36(44-28(32)26(25)43-31)20-21-10-9-11-22(33)18-21/h9-11,18,23,25-28,37H,3-8,12-17,19-20H2,1-2H3,(H,34,38)(H,35,40)/t23-,25+,26+,27-,28-,32-/m1/s1. The number of halogens is 1. The fourth-order valence-electron chi connectivity index (χ4n) is 7.25. The van der Waals surface area contributed by atoms with Crippen LogP contribution >= 0.6 is 22.6 Å². The molecular formula is C32H46IN3O8. The van der Waals surface area contributed by atoms with E-state index in [1.807, 2.05) is 24.3 Å². The van der Waals surface area contributed by atoms with Gasteiger partial charge in [0.2, 0.25) is 11.8 Å². The summed E-state index contributed by atoms with van der Waals surface area (Å²) in [7, 11) is 0. The number of nitrogens with one attached hydrogen (secondary N) is 2. The van der Waals surface area contributed by atoms with Gasteiger partial charge in [0.1, 0.15) is 29.8 Å². The number of fused-ring (bicyclic) bond motifs is 4. The molecule has 2 bridgehead atoms. The molecule has 3 aliphatic heterocycles. The smallest absolute Gasteiger partial charge is 0.327 e. The molecule has 6 atom stereocenters. The molecule has 1 aliphatic carbocycles. The first-order valence-electron chi connectivity index (χ1n) is 16.2. The summed E-state index contributed by atoms with van der Waals surface area (Å²) in [5.41, 5.74) is -0.341. The van der Waals surface area contributed by atoms with Gasteiger partial charge in [-0.2, -0.15) is 5.06 Å². The highest BCUT2D eigenvalue weighted by atomic mass is 127. The van der Waals surface area contributed by atoms with Gasteiger partial charge in [-0.1, -0.05) is 51.7 Å². The first-order valence-corrected chi connectivity index (χ1v) is 17.2. The number of esters is 1. The zero-order chi connectivity index (χ0) is 31.3. The fraction of sp³-hybridized carbons (Fsp3) is 0.719. The lowest BCUT2D eigenvalue weighted by atomic mass is 9.62. The molecule has 12 heteroatoms. The molecule has 2 amide bonds. The maximum absolute atomic E-state index is 14.3. The van der Waals surface area contributed by atoms with Crippen LogP contribution in [0.2, 0.25) is 0 Å². The molecule has 11 nitrogen and oxygen atoms in total. The number of ether oxygens (including phenoxy) is 3. The van der Waals surface area contributed by atoms with E-state index in [0.29, 0.717) is 0 Å². The van der Waals surface area contributed by atoms with Crippen molar-refractivity contribution in [2.45, 2.75) is 121 Å². The van der Waals surface area contributed by atoms with E-state index in [2.05, 4.69) is 47.1 Å². The minimum absolute atomic E-state index is 0.0433. The zero-order valence-corrected chi connectivity index (χ0v) is 27.9. The van der Waals surface area contributed by atoms with Gasteiger partial charge in [-0.25, -0.2) is 0 Å². The van der Waals surface area contributed by atoms with Crippen molar-refractivity contribution in [3.63, 3.8) is 0 Å². The molecule has 244 valence electrons. The van der Waals surface area contributed by atoms with E-state index >= 15 is 0 Å². The van der Waals surface area contributed by atoms with Crippen LogP contribution in [0.25, 0.3) is 0 Å². The summed E-state index contributed by atoms with van der Waals surface area (Å²) in [6.07, 6.45) is 5.30. The van der Waals surface area contributed by atoms with Crippen molar-refractivity contribution in [1.82, 2.24) is 15.7 Å². The van der Waals surface area contributed by atoms with E-state index < -0.39 is 47.6 Å². The first-order chi connectivity index (χ1) is 21.3. The predicted molar refractivity (Wildman–Crippen MR) is 169 cm³/mol. The lowest BCUT2D eigenvalue weighted by molar-refractivity contribution is -0.224. The second-order valence-corrected chi connectivity index (χ2v) is 13.7. The Labute approximate surface area is 273 Å². The van der Waals surface area contributed by atoms with Crippen molar-refractivity contribution in [3.8, 4) is 0 Å². The molecule has 5 rings (SSSR count). The molecule has 4 fully saturated rings. The minimum Gasteiger partial charge on any atom is -0.458 e. The Bertz CT molecular complexity index is 1180. The van der Waals surface area contributed by atoms with E-state index in [-0.39, 0.29) is 50.9 Å². The van der Waals surface area contributed by atoms with E-state index in [0.717, 1.165) is 60.5 Å². The number of carbonyl (C=O) groups excluding carboxylic acids is 3. The van der Waals surface area contributed by atoms with Gasteiger partial charge in [-0.15, -0.1) is 0 Å². The number of hydrogen-bond acceptors (Lipinski definition) is 9. The Balaban J connectivity index is 1.45. The number of benzene rings is 1. The summed E-state index contributed by atoms with van der Waals surface area (Å²) in [5, 5.41) is 16.1. The van der Waals surface area contributed by atoms with Gasteiger partial charge >= 0.3 is 5.97 Å². The van der Waals surface area contributed by atoms with Crippen LogP contribution in [0.1, 0.15) is 83.6 Å². The molecule has 44 heavy (non-hydrogen) atoms. The maximum Gasteiger partial charge on any atom is 0.327 e. The number of aliphatic hydroxyl groups is 1. The summed E-state index contributed by atoms with van der Waals surface area (Å²) in [6.45, 7) is 4.68. The molecule has 1 aromatic carbocycles. The highest BCUT2D eigenvalue weighted by Gasteiger charge is 2.76. The third-order valence-corrected chi connectivity index (χ3v) is 9.97. The monoisotopic (exact) mass is 727 g/mol. The van der Waals surface area contributed by atoms with Gasteiger partial charge in [-0.05, 0) is 53.1 Å². The topological polar surface area (TPSA) is 136 Å². The second-order valence-electron chi connectivity index (χ2n) is 12.4. The van der Waals surface area contributed by atoms with E-state index in [1.54, 1.807) is 5.06 Å². The largest absolute Gasteiger partial charge is 0.458 e. The molecule has 3 saturated heterocycles. The lowest BCUT2D eigenvalue weighted by Crippen LogP contribution is -2.69. The molecule has 0 unspecified atom stereocenters. The number of hydrogen-bond donors (Lipinski definition) is 3. The van der Waals surface area contributed by atoms with Crippen LogP contribution in [0, 0.1) is 8.99 Å². The number of amides is 2. The van der Waals surface area contributed by atoms with E-state index in [4.69, 9.17) is 24.2 Å². The van der Waals surface area contributed by atoms with Crippen LogP contribution in [0.5, 0.6) is 0 Å². The highest BCUT2D eigenvalue weighted by Crippen LogP contribution is 2.58. The van der Waals surface area contributed by atoms with Gasteiger partial charge < -0.3 is 30.0 Å². The van der Waals surface area contributed by atoms with Gasteiger partial charge in [0.25, 0.3) is 0 Å². The lowest BCUT2D eigenvalue weighted by Gasteiger charge is -2.48. The van der Waals surface area contributed by atoms with Crippen molar-refractivity contribution in [1.29, 1.82) is 0 Å². The predicted octanol–water partition coefficient (Wildman–Crippen LogP) is 3.35. The van der Waals surface area contributed by atoms with Crippen LogP contribution in [-0.2, 0) is 40.0 Å². The van der Waals surface area contributed by atoms with Crippen LogP contribution in [0.4, 0.5) is 0 Å². The molecule has 3 N–H and O–H groups in total. The first kappa shape index (κ1) is 33.5. The summed E-state index contributed by atoms with van der Waals surface area (Å²) in [6, 6.07) is 6.94. The summed E-state index contributed by atoms with van der Waals surface area (Å²) in [5.74, 6) is -1.97. The third-order valence-electron chi connectivity index (χ3n) is 9.30. The number of hydroxylamine groups is 2. The zero-order valence-electron chi connectivity index (χ0n) is 25.7. The summed E-state index contributed by atoms with van der Waals surface area (Å²) in [4.78, 5) is 46.9. The van der Waals surface area contributed by atoms with Gasteiger partial charge in [0.15, 0.2) is 11.8 Å². The van der Waals surface area contributed by atoms with Crippen LogP contribution in [0.15, 0.2) is 24.3 Å². The average molecular weight is 728 g/mol. The van der Waals surface area contributed by atoms with Gasteiger partial charge in [-0.3, -0.25) is 19.2 Å². The minimum atomic E-state index is -1.28. The Morgan fingerprint density at radius 3 is 2.45 bits per heavy atom. The number of nitrogens with zero attached hydrogens (tertiary/aromatic N) is 1. The van der Waals surface area contributed by atoms with Crippen LogP contribution in [0.3, 0.4) is 0 Å². The molecular weight excluding hydrogens is 681 g/mol. The Morgan fingerprint density at radius 2 is 1.77 bits per heavy atom. The van der Waals surface area contributed by atoms with Crippen molar-refractivity contribution in [2.24, 2.45) is 5.41 Å². The summed E-state index contributed by atoms with van der Waals surface area (Å²) < 4.78 is 20.8. The number of rotatable bonds is 16. The van der Waals surface area contributed by atoms with Crippen molar-refractivity contribution < 1.29 is 38.5 Å². The Kier molecular flexibility index (Phi) is 11.2. The molecule has 0 radical (unpaired) electrons. The molecule has 3 heterocycles. The number of carbonyl (C=O) groups is 3. The normalized spacial score (nSPS) is 30.1. The molecule has 1 saturated carbocycles. The molecule has 1 aromatic rings. The van der Waals surface area contributed by atoms with Crippen molar-refractivity contribution in [2.75, 3.05) is 19.7 Å². The molecule has 0 aromatic heterocycles. The highest BCUT2D eigenvalue weighted by molar-refractivity contribution is 14.1. The Hall–Kier alpha value is -1.84. The quantitative estimate of drug-likeness (QED) is 0.133. The fourth-order valence-corrected chi connectivity index (χ4v) is 7.86. The van der Waals surface area contributed by atoms with Crippen LogP contribution < -0.4 is 10.6 Å². The van der Waals surface area contributed by atoms with Crippen molar-refractivity contribution >= 4 is 40.4 Å². The van der Waals surface area contributed by atoms with Gasteiger partial charge in [0.05, 0.1) is 13.2 Å². The van der Waals surface area contributed by atoms with E-state index in [1.165, 1.54) is 0 Å². The van der Waals surface area contributed by atoms with Gasteiger partial charge in [0, 0.05) is 42.3 Å². The van der Waals surface area contributed by atoms with Crippen LogP contribution in [-0.4, -0.2) is 83.9 Å². The Morgan fingerprint density at radius 1 is 1.05 bits per heavy atom. The summed E-state index contributed by atoms with van der Waals surface area (Å²) >= 11 is 2.25. The van der Waals surface area contributed by atoms with Crippen molar-refractivity contribution in [3.05, 3.63) is 33.4 Å². The number of unbranched alkanes of at least 4 members (excludes halogenated alkanes) is 4. The molecule has 4 aliphatic rings. The third kappa shape index (κ3) is 6.80. The SMILES string of the molecule is CCCCCC1(CCCCC)O[C@@H]2[C@H](O1)[C@H]1ON(Cc3cccc(I)c3)[C@@H]3C(=O)O[C@@H]2C[C@]13C(=O)NCCC(=O)NCCO. The van der Waals surface area contributed by atoms with E-state index in [9.17, 15) is 14.4 Å². The number of aliphatic hydroxyl groups excluding tert-OH is 1. The maximum atomic E-state index is 14.3.